The van der Waals surface area contributed by atoms with Crippen LogP contribution < -0.4 is 0 Å². The van der Waals surface area contributed by atoms with Crippen molar-refractivity contribution in [1.29, 1.82) is 0 Å². The minimum absolute atomic E-state index is 0.00103. The standard InChI is InChI=1S/C28H33NO5/c1-18(2)24(27(33)34-28(3,4)5)17-21(30)16-20(15-19-11-7-6-8-12-19)29-25(31)22-13-9-10-14-23(22)26(29)32/h6-14,18,20,24H,15-17H2,1-5H3/t20-,24-/m0/s1. The molecule has 0 fully saturated rings. The Morgan fingerprint density at radius 3 is 1.88 bits per heavy atom. The number of benzene rings is 2. The molecule has 2 aromatic carbocycles. The van der Waals surface area contributed by atoms with Crippen LogP contribution >= 0.6 is 0 Å². The lowest BCUT2D eigenvalue weighted by molar-refractivity contribution is -0.163. The highest BCUT2D eigenvalue weighted by molar-refractivity contribution is 6.21. The topological polar surface area (TPSA) is 80.8 Å². The minimum Gasteiger partial charge on any atom is -0.460 e. The van der Waals surface area contributed by atoms with Crippen molar-refractivity contribution in [3.05, 3.63) is 71.3 Å². The lowest BCUT2D eigenvalue weighted by Gasteiger charge is -2.28. The Balaban J connectivity index is 1.83. The molecule has 2 amide bonds. The highest BCUT2D eigenvalue weighted by Crippen LogP contribution is 2.29. The van der Waals surface area contributed by atoms with Crippen LogP contribution in [0.5, 0.6) is 0 Å². The van der Waals surface area contributed by atoms with E-state index in [0.29, 0.717) is 17.5 Å². The van der Waals surface area contributed by atoms with Crippen molar-refractivity contribution >= 4 is 23.6 Å². The first-order valence-corrected chi connectivity index (χ1v) is 11.7. The molecule has 3 rings (SSSR count). The van der Waals surface area contributed by atoms with Gasteiger partial charge in [0, 0.05) is 12.8 Å². The minimum atomic E-state index is -0.650. The van der Waals surface area contributed by atoms with Crippen molar-refractivity contribution in [3.8, 4) is 0 Å². The fourth-order valence-corrected chi connectivity index (χ4v) is 4.24. The molecule has 1 heterocycles. The fraction of sp³-hybridized carbons (Fsp3) is 0.429. The van der Waals surface area contributed by atoms with E-state index >= 15 is 0 Å². The molecule has 0 saturated carbocycles. The van der Waals surface area contributed by atoms with E-state index in [4.69, 9.17) is 4.74 Å². The van der Waals surface area contributed by atoms with Crippen LogP contribution in [0.25, 0.3) is 0 Å². The van der Waals surface area contributed by atoms with Gasteiger partial charge in [-0.1, -0.05) is 56.3 Å². The van der Waals surface area contributed by atoms with Gasteiger partial charge in [0.2, 0.25) is 0 Å². The van der Waals surface area contributed by atoms with Crippen molar-refractivity contribution in [2.24, 2.45) is 11.8 Å². The van der Waals surface area contributed by atoms with Crippen LogP contribution in [0.2, 0.25) is 0 Å². The number of esters is 1. The summed E-state index contributed by atoms with van der Waals surface area (Å²) in [5.74, 6) is -2.04. The lowest BCUT2D eigenvalue weighted by atomic mass is 9.88. The predicted molar refractivity (Wildman–Crippen MR) is 129 cm³/mol. The molecule has 6 heteroatoms. The van der Waals surface area contributed by atoms with Gasteiger partial charge >= 0.3 is 5.97 Å². The Morgan fingerprint density at radius 2 is 1.38 bits per heavy atom. The van der Waals surface area contributed by atoms with Gasteiger partial charge in [0.1, 0.15) is 11.4 Å². The molecule has 0 N–H and O–H groups in total. The molecule has 0 unspecified atom stereocenters. The molecule has 0 saturated heterocycles. The predicted octanol–water partition coefficient (Wildman–Crippen LogP) is 4.86. The molecule has 0 bridgehead atoms. The molecule has 2 aromatic rings. The second kappa shape index (κ2) is 10.3. The van der Waals surface area contributed by atoms with Gasteiger partial charge in [0.15, 0.2) is 0 Å². The molecule has 34 heavy (non-hydrogen) atoms. The monoisotopic (exact) mass is 463 g/mol. The third-order valence-corrected chi connectivity index (χ3v) is 5.93. The molecule has 1 aliphatic heterocycles. The number of fused-ring (bicyclic) bond motifs is 1. The van der Waals surface area contributed by atoms with E-state index in [1.165, 1.54) is 4.90 Å². The number of hydrogen-bond acceptors (Lipinski definition) is 5. The van der Waals surface area contributed by atoms with Crippen LogP contribution in [0.4, 0.5) is 0 Å². The molecule has 0 spiro atoms. The first kappa shape index (κ1) is 25.3. The summed E-state index contributed by atoms with van der Waals surface area (Å²) in [7, 11) is 0. The number of Topliss-reactive ketones (excluding diaryl/α,β-unsaturated/α-hetero) is 1. The maximum Gasteiger partial charge on any atom is 0.310 e. The zero-order chi connectivity index (χ0) is 25.0. The molecular formula is C28H33NO5. The summed E-state index contributed by atoms with van der Waals surface area (Å²) < 4.78 is 5.53. The lowest BCUT2D eigenvalue weighted by Crippen LogP contribution is -2.43. The smallest absolute Gasteiger partial charge is 0.310 e. The molecule has 0 aromatic heterocycles. The number of amides is 2. The molecule has 1 aliphatic rings. The van der Waals surface area contributed by atoms with E-state index in [1.54, 1.807) is 45.0 Å². The highest BCUT2D eigenvalue weighted by Gasteiger charge is 2.41. The third-order valence-electron chi connectivity index (χ3n) is 5.93. The van der Waals surface area contributed by atoms with Crippen LogP contribution in [-0.2, 0) is 20.7 Å². The summed E-state index contributed by atoms with van der Waals surface area (Å²) >= 11 is 0. The van der Waals surface area contributed by atoms with Crippen LogP contribution in [0.1, 0.15) is 73.7 Å². The van der Waals surface area contributed by atoms with Gasteiger partial charge in [-0.15, -0.1) is 0 Å². The largest absolute Gasteiger partial charge is 0.460 e. The van der Waals surface area contributed by atoms with Crippen LogP contribution in [-0.4, -0.2) is 40.1 Å². The second-order valence-corrected chi connectivity index (χ2v) is 10.2. The molecule has 2 atom stereocenters. The normalized spacial score (nSPS) is 15.3. The van der Waals surface area contributed by atoms with Crippen LogP contribution in [0.15, 0.2) is 54.6 Å². The number of carbonyl (C=O) groups excluding carboxylic acids is 4. The molecule has 6 nitrogen and oxygen atoms in total. The summed E-state index contributed by atoms with van der Waals surface area (Å²) in [5, 5.41) is 0. The summed E-state index contributed by atoms with van der Waals surface area (Å²) in [6.45, 7) is 9.15. The van der Waals surface area contributed by atoms with Gasteiger partial charge in [0.05, 0.1) is 23.1 Å². The van der Waals surface area contributed by atoms with Gasteiger partial charge in [0.25, 0.3) is 11.8 Å². The molecule has 0 aliphatic carbocycles. The Labute approximate surface area is 201 Å². The van der Waals surface area contributed by atoms with Crippen molar-refractivity contribution in [3.63, 3.8) is 0 Å². The Morgan fingerprint density at radius 1 is 0.853 bits per heavy atom. The Kier molecular flexibility index (Phi) is 7.70. The van der Waals surface area contributed by atoms with Gasteiger partial charge in [-0.05, 0) is 50.8 Å². The Hall–Kier alpha value is -3.28. The van der Waals surface area contributed by atoms with Crippen molar-refractivity contribution in [2.75, 3.05) is 0 Å². The van der Waals surface area contributed by atoms with Crippen LogP contribution in [0.3, 0.4) is 0 Å². The quantitative estimate of drug-likeness (QED) is 0.392. The third kappa shape index (κ3) is 5.99. The van der Waals surface area contributed by atoms with E-state index in [9.17, 15) is 19.2 Å². The number of imide groups is 1. The summed E-state index contributed by atoms with van der Waals surface area (Å²) in [4.78, 5) is 53.4. The first-order valence-electron chi connectivity index (χ1n) is 11.7. The molecule has 0 radical (unpaired) electrons. The first-order chi connectivity index (χ1) is 16.0. The van der Waals surface area contributed by atoms with E-state index in [2.05, 4.69) is 0 Å². The van der Waals surface area contributed by atoms with Crippen molar-refractivity contribution in [2.45, 2.75) is 65.5 Å². The maximum absolute atomic E-state index is 13.2. The number of carbonyl (C=O) groups is 4. The number of nitrogens with zero attached hydrogens (tertiary/aromatic N) is 1. The molecular weight excluding hydrogens is 430 g/mol. The number of ether oxygens (including phenoxy) is 1. The summed E-state index contributed by atoms with van der Waals surface area (Å²) in [5.41, 5.74) is 0.978. The van der Waals surface area contributed by atoms with E-state index in [-0.39, 0.29) is 36.4 Å². The van der Waals surface area contributed by atoms with Crippen molar-refractivity contribution in [1.82, 2.24) is 4.90 Å². The van der Waals surface area contributed by atoms with Gasteiger partial charge in [-0.2, -0.15) is 0 Å². The SMILES string of the molecule is CC(C)[C@H](CC(=O)C[C@H](Cc1ccccc1)N1C(=O)c2ccccc2C1=O)C(=O)OC(C)(C)C. The van der Waals surface area contributed by atoms with Gasteiger partial charge in [-0.3, -0.25) is 24.1 Å². The average Bonchev–Trinajstić information content (AvgIpc) is 3.01. The summed E-state index contributed by atoms with van der Waals surface area (Å²) in [6.07, 6.45) is 0.338. The van der Waals surface area contributed by atoms with Gasteiger partial charge < -0.3 is 4.74 Å². The maximum atomic E-state index is 13.2. The zero-order valence-electron chi connectivity index (χ0n) is 20.5. The van der Waals surface area contributed by atoms with Gasteiger partial charge in [-0.25, -0.2) is 0 Å². The van der Waals surface area contributed by atoms with E-state index in [1.807, 2.05) is 44.2 Å². The number of rotatable bonds is 9. The molecule has 180 valence electrons. The number of hydrogen-bond donors (Lipinski definition) is 0. The average molecular weight is 464 g/mol. The number of ketones is 1. The van der Waals surface area contributed by atoms with E-state index in [0.717, 1.165) is 5.56 Å². The van der Waals surface area contributed by atoms with E-state index < -0.39 is 23.5 Å². The van der Waals surface area contributed by atoms with Crippen LogP contribution in [0, 0.1) is 11.8 Å². The second-order valence-electron chi connectivity index (χ2n) is 10.2. The highest BCUT2D eigenvalue weighted by atomic mass is 16.6. The zero-order valence-corrected chi connectivity index (χ0v) is 20.5. The Bertz CT molecular complexity index is 1030. The summed E-state index contributed by atoms with van der Waals surface area (Å²) in [6, 6.07) is 15.5. The van der Waals surface area contributed by atoms with Crippen molar-refractivity contribution < 1.29 is 23.9 Å². The fourth-order valence-electron chi connectivity index (χ4n) is 4.24.